The second-order valence-corrected chi connectivity index (χ2v) is 10.6. The van der Waals surface area contributed by atoms with Gasteiger partial charge in [-0.2, -0.15) is 18.4 Å². The number of alkyl halides is 3. The number of carbonyl (C=O) groups excluding carboxylic acids is 3. The third kappa shape index (κ3) is 5.20. The Balaban J connectivity index is 1.64. The minimum Gasteiger partial charge on any atom is -0.341 e. The highest BCUT2D eigenvalue weighted by Crippen LogP contribution is 2.44. The Hall–Kier alpha value is -4.13. The fourth-order valence-corrected chi connectivity index (χ4v) is 5.74. The molecule has 3 aliphatic rings. The fraction of sp³-hybridized carbons (Fsp3) is 0.400. The van der Waals surface area contributed by atoms with Gasteiger partial charge in [-0.1, -0.05) is 25.1 Å². The Morgan fingerprint density at radius 2 is 1.75 bits per heavy atom. The Bertz CT molecular complexity index is 1400. The number of amides is 3. The van der Waals surface area contributed by atoms with Gasteiger partial charge < -0.3 is 9.80 Å². The zero-order chi connectivity index (χ0) is 28.6. The first kappa shape index (κ1) is 27.4. The summed E-state index contributed by atoms with van der Waals surface area (Å²) in [5.74, 6) is -0.0180. The third-order valence-corrected chi connectivity index (χ3v) is 7.95. The predicted molar refractivity (Wildman–Crippen MR) is 141 cm³/mol. The number of allylic oxidation sites excluding steroid dienone is 1. The molecule has 0 bridgehead atoms. The van der Waals surface area contributed by atoms with Crippen molar-refractivity contribution in [2.45, 2.75) is 51.2 Å². The number of rotatable bonds is 4. The van der Waals surface area contributed by atoms with Crippen LogP contribution in [0.5, 0.6) is 0 Å². The summed E-state index contributed by atoms with van der Waals surface area (Å²) in [5, 5.41) is 9.27. The second kappa shape index (κ2) is 10.8. The van der Waals surface area contributed by atoms with E-state index >= 15 is 0 Å². The van der Waals surface area contributed by atoms with Crippen LogP contribution in [0.2, 0.25) is 0 Å². The molecule has 1 aliphatic carbocycles. The van der Waals surface area contributed by atoms with Crippen LogP contribution < -0.4 is 4.90 Å². The van der Waals surface area contributed by atoms with Crippen LogP contribution in [0.3, 0.4) is 0 Å². The number of hydrogen-bond donors (Lipinski definition) is 0. The molecule has 2 heterocycles. The van der Waals surface area contributed by atoms with E-state index in [0.29, 0.717) is 54.2 Å². The maximum atomic E-state index is 14.2. The summed E-state index contributed by atoms with van der Waals surface area (Å²) in [6.07, 6.45) is -1.96. The number of benzene rings is 2. The fourth-order valence-electron chi connectivity index (χ4n) is 5.74. The van der Waals surface area contributed by atoms with Crippen LogP contribution in [0.25, 0.3) is 0 Å². The number of halogens is 3. The molecule has 10 heteroatoms. The summed E-state index contributed by atoms with van der Waals surface area (Å²) in [4.78, 5) is 45.3. The van der Waals surface area contributed by atoms with Gasteiger partial charge in [0.25, 0.3) is 0 Å². The molecule has 1 unspecified atom stereocenters. The quantitative estimate of drug-likeness (QED) is 0.480. The van der Waals surface area contributed by atoms with E-state index in [0.717, 1.165) is 25.0 Å². The average Bonchev–Trinajstić information content (AvgIpc) is 2.94. The Morgan fingerprint density at radius 1 is 1.05 bits per heavy atom. The molecule has 0 spiro atoms. The van der Waals surface area contributed by atoms with Crippen LogP contribution in [-0.2, 0) is 15.8 Å². The molecule has 2 aliphatic heterocycles. The SMILES string of the molecule is CC1CCN(C(=O)CN2C(=O)N(c3cccc(C(F)(F)F)c3)C3=C(C(=O)CCC3)C2c2ccc(C#N)cc2)CC1. The van der Waals surface area contributed by atoms with Crippen LogP contribution in [-0.4, -0.2) is 47.2 Å². The van der Waals surface area contributed by atoms with Crippen LogP contribution in [0, 0.1) is 17.2 Å². The monoisotopic (exact) mass is 550 g/mol. The molecule has 40 heavy (non-hydrogen) atoms. The minimum absolute atomic E-state index is 0.00968. The van der Waals surface area contributed by atoms with E-state index in [-0.39, 0.29) is 30.3 Å². The summed E-state index contributed by atoms with van der Waals surface area (Å²) in [7, 11) is 0. The lowest BCUT2D eigenvalue weighted by molar-refractivity contribution is -0.137. The molecule has 7 nitrogen and oxygen atoms in total. The van der Waals surface area contributed by atoms with Gasteiger partial charge in [-0.15, -0.1) is 0 Å². The van der Waals surface area contributed by atoms with Crippen molar-refractivity contribution in [1.82, 2.24) is 9.80 Å². The first-order chi connectivity index (χ1) is 19.1. The molecule has 1 fully saturated rings. The first-order valence-corrected chi connectivity index (χ1v) is 13.4. The molecule has 208 valence electrons. The van der Waals surface area contributed by atoms with E-state index in [1.54, 1.807) is 29.2 Å². The highest BCUT2D eigenvalue weighted by atomic mass is 19.4. The Morgan fingerprint density at radius 3 is 2.40 bits per heavy atom. The van der Waals surface area contributed by atoms with Crippen molar-refractivity contribution in [1.29, 1.82) is 5.26 Å². The minimum atomic E-state index is -4.62. The molecule has 0 N–H and O–H groups in total. The predicted octanol–water partition coefficient (Wildman–Crippen LogP) is 5.83. The molecule has 2 aromatic rings. The lowest BCUT2D eigenvalue weighted by Crippen LogP contribution is -2.55. The van der Waals surface area contributed by atoms with E-state index in [1.807, 2.05) is 6.07 Å². The van der Waals surface area contributed by atoms with Crippen LogP contribution >= 0.6 is 0 Å². The van der Waals surface area contributed by atoms with Crippen molar-refractivity contribution in [2.24, 2.45) is 5.92 Å². The van der Waals surface area contributed by atoms with Gasteiger partial charge in [0, 0.05) is 30.8 Å². The maximum absolute atomic E-state index is 14.2. The number of piperidine rings is 1. The van der Waals surface area contributed by atoms with Gasteiger partial charge in [0.15, 0.2) is 5.78 Å². The number of likely N-dealkylation sites (tertiary alicyclic amines) is 1. The summed E-state index contributed by atoms with van der Waals surface area (Å²) >= 11 is 0. The van der Waals surface area contributed by atoms with Crippen LogP contribution in [0.1, 0.15) is 61.8 Å². The Labute approximate surface area is 230 Å². The number of urea groups is 1. The third-order valence-electron chi connectivity index (χ3n) is 7.95. The van der Waals surface area contributed by atoms with Crippen molar-refractivity contribution < 1.29 is 27.6 Å². The van der Waals surface area contributed by atoms with E-state index in [2.05, 4.69) is 6.92 Å². The number of anilines is 1. The maximum Gasteiger partial charge on any atom is 0.416 e. The number of nitrogens with zero attached hydrogens (tertiary/aromatic N) is 4. The van der Waals surface area contributed by atoms with Gasteiger partial charge in [-0.25, -0.2) is 4.79 Å². The molecule has 3 amide bonds. The topological polar surface area (TPSA) is 84.7 Å². The molecule has 1 saturated heterocycles. The average molecular weight is 551 g/mol. The highest BCUT2D eigenvalue weighted by molar-refractivity contribution is 6.07. The highest BCUT2D eigenvalue weighted by Gasteiger charge is 2.46. The second-order valence-electron chi connectivity index (χ2n) is 10.6. The molecular weight excluding hydrogens is 521 g/mol. The van der Waals surface area contributed by atoms with Gasteiger partial charge in [-0.3, -0.25) is 14.5 Å². The smallest absolute Gasteiger partial charge is 0.341 e. The van der Waals surface area contributed by atoms with Crippen LogP contribution in [0.4, 0.5) is 23.7 Å². The van der Waals surface area contributed by atoms with Crippen molar-refractivity contribution >= 4 is 23.4 Å². The molecule has 2 aromatic carbocycles. The number of ketones is 1. The van der Waals surface area contributed by atoms with Crippen molar-refractivity contribution in [3.05, 3.63) is 76.5 Å². The van der Waals surface area contributed by atoms with E-state index in [1.165, 1.54) is 21.9 Å². The van der Waals surface area contributed by atoms with Gasteiger partial charge in [0.2, 0.25) is 5.91 Å². The summed E-state index contributed by atoms with van der Waals surface area (Å²) in [5.41, 5.74) is 0.675. The number of Topliss-reactive ketones (excluding diaryl/α,β-unsaturated/α-hetero) is 1. The van der Waals surface area contributed by atoms with Crippen molar-refractivity contribution in [2.75, 3.05) is 24.5 Å². The Kier molecular flexibility index (Phi) is 7.41. The zero-order valence-electron chi connectivity index (χ0n) is 22.1. The van der Waals surface area contributed by atoms with Crippen molar-refractivity contribution in [3.8, 4) is 6.07 Å². The normalized spacial score (nSPS) is 20.5. The molecule has 0 radical (unpaired) electrons. The van der Waals surface area contributed by atoms with Gasteiger partial charge >= 0.3 is 12.2 Å². The lowest BCUT2D eigenvalue weighted by atomic mass is 9.83. The zero-order valence-corrected chi connectivity index (χ0v) is 22.1. The molecule has 0 aromatic heterocycles. The van der Waals surface area contributed by atoms with E-state index in [9.17, 15) is 32.8 Å². The first-order valence-electron chi connectivity index (χ1n) is 13.4. The van der Waals surface area contributed by atoms with E-state index < -0.39 is 23.8 Å². The molecule has 0 saturated carbocycles. The van der Waals surface area contributed by atoms with Gasteiger partial charge in [0.05, 0.1) is 28.9 Å². The molecular formula is C30H29F3N4O3. The number of nitriles is 1. The largest absolute Gasteiger partial charge is 0.416 e. The van der Waals surface area contributed by atoms with E-state index in [4.69, 9.17) is 0 Å². The van der Waals surface area contributed by atoms with Crippen LogP contribution in [0.15, 0.2) is 59.8 Å². The number of hydrogen-bond acceptors (Lipinski definition) is 4. The summed E-state index contributed by atoms with van der Waals surface area (Å²) in [6.45, 7) is 2.88. The lowest BCUT2D eigenvalue weighted by Gasteiger charge is -2.45. The molecule has 5 rings (SSSR count). The van der Waals surface area contributed by atoms with Gasteiger partial charge in [-0.05, 0) is 67.5 Å². The summed E-state index contributed by atoms with van der Waals surface area (Å²) in [6, 6.07) is 11.4. The standard InChI is InChI=1S/C30H29F3N4O3/c1-19-12-14-35(15-13-19)26(39)18-36-28(21-10-8-20(17-34)9-11-21)27-24(6-3-7-25(27)38)37(29(36)40)23-5-2-4-22(16-23)30(31,32)33/h2,4-5,8-11,16,19,28H,3,6-7,12-15,18H2,1H3. The van der Waals surface area contributed by atoms with Crippen molar-refractivity contribution in [3.63, 3.8) is 0 Å². The van der Waals surface area contributed by atoms with Gasteiger partial charge in [0.1, 0.15) is 6.54 Å². The molecule has 1 atom stereocenters. The number of carbonyl (C=O) groups is 3. The summed E-state index contributed by atoms with van der Waals surface area (Å²) < 4.78 is 40.8.